The van der Waals surface area contributed by atoms with Crippen LogP contribution < -0.4 is 10.1 Å². The van der Waals surface area contributed by atoms with E-state index in [1.54, 1.807) is 0 Å². The molecule has 0 bridgehead atoms. The van der Waals surface area contributed by atoms with Gasteiger partial charge in [0, 0.05) is 24.7 Å². The second-order valence-electron chi connectivity index (χ2n) is 4.03. The molecular formula is C12H20Cl2N2O. The first-order valence-corrected chi connectivity index (χ1v) is 5.67. The number of hydrogen-bond donors (Lipinski definition) is 1. The van der Waals surface area contributed by atoms with Crippen LogP contribution in [0.4, 0.5) is 0 Å². The fourth-order valence-electron chi connectivity index (χ4n) is 1.77. The number of rotatable bonds is 4. The zero-order chi connectivity index (χ0) is 10.5. The van der Waals surface area contributed by atoms with Crippen molar-refractivity contribution in [2.75, 3.05) is 19.7 Å². The summed E-state index contributed by atoms with van der Waals surface area (Å²) in [6.07, 6.45) is 4.13. The minimum atomic E-state index is 0. The number of nitrogens with one attached hydrogen (secondary N) is 1. The number of aromatic nitrogens is 1. The lowest BCUT2D eigenvalue weighted by Crippen LogP contribution is -2.15. The van der Waals surface area contributed by atoms with E-state index in [4.69, 9.17) is 4.74 Å². The van der Waals surface area contributed by atoms with Crippen LogP contribution in [0.5, 0.6) is 5.88 Å². The van der Waals surface area contributed by atoms with Gasteiger partial charge in [-0.1, -0.05) is 13.0 Å². The van der Waals surface area contributed by atoms with Crippen LogP contribution in [-0.4, -0.2) is 24.7 Å². The van der Waals surface area contributed by atoms with Crippen molar-refractivity contribution in [3.05, 3.63) is 23.9 Å². The highest BCUT2D eigenvalue weighted by molar-refractivity contribution is 5.85. The first-order valence-electron chi connectivity index (χ1n) is 5.67. The smallest absolute Gasteiger partial charge is 0.213 e. The lowest BCUT2D eigenvalue weighted by Gasteiger charge is -2.09. The molecule has 1 fully saturated rings. The summed E-state index contributed by atoms with van der Waals surface area (Å²) in [6, 6.07) is 4.04. The second-order valence-corrected chi connectivity index (χ2v) is 4.03. The summed E-state index contributed by atoms with van der Waals surface area (Å²) in [4.78, 5) is 4.27. The fraction of sp³-hybridized carbons (Fsp3) is 0.583. The molecule has 1 aromatic rings. The van der Waals surface area contributed by atoms with E-state index >= 15 is 0 Å². The molecule has 0 aromatic carbocycles. The molecular weight excluding hydrogens is 259 g/mol. The van der Waals surface area contributed by atoms with Crippen molar-refractivity contribution in [3.63, 3.8) is 0 Å². The van der Waals surface area contributed by atoms with E-state index in [2.05, 4.69) is 23.3 Å². The van der Waals surface area contributed by atoms with Gasteiger partial charge in [-0.3, -0.25) is 0 Å². The first-order chi connectivity index (χ1) is 7.38. The minimum Gasteiger partial charge on any atom is -0.477 e. The van der Waals surface area contributed by atoms with Gasteiger partial charge in [0.1, 0.15) is 0 Å². The predicted octanol–water partition coefficient (Wildman–Crippen LogP) is 2.48. The molecule has 2 rings (SSSR count). The van der Waals surface area contributed by atoms with Crippen LogP contribution in [-0.2, 0) is 6.42 Å². The molecule has 2 heterocycles. The van der Waals surface area contributed by atoms with Gasteiger partial charge < -0.3 is 10.1 Å². The quantitative estimate of drug-likeness (QED) is 0.919. The topological polar surface area (TPSA) is 34.1 Å². The Kier molecular flexibility index (Phi) is 8.30. The van der Waals surface area contributed by atoms with Crippen LogP contribution >= 0.6 is 24.8 Å². The van der Waals surface area contributed by atoms with Gasteiger partial charge in [-0.2, -0.15) is 0 Å². The maximum Gasteiger partial charge on any atom is 0.213 e. The molecule has 0 amide bonds. The Labute approximate surface area is 115 Å². The summed E-state index contributed by atoms with van der Waals surface area (Å²) in [5, 5.41) is 3.33. The lowest BCUT2D eigenvalue weighted by atomic mass is 10.1. The summed E-state index contributed by atoms with van der Waals surface area (Å²) in [6.45, 7) is 5.11. The molecule has 17 heavy (non-hydrogen) atoms. The van der Waals surface area contributed by atoms with Gasteiger partial charge in [0.05, 0.1) is 6.61 Å². The van der Waals surface area contributed by atoms with E-state index in [0.29, 0.717) is 5.92 Å². The molecule has 3 nitrogen and oxygen atoms in total. The van der Waals surface area contributed by atoms with Crippen molar-refractivity contribution in [2.45, 2.75) is 19.8 Å². The normalized spacial score (nSPS) is 18.1. The monoisotopic (exact) mass is 278 g/mol. The third-order valence-electron chi connectivity index (χ3n) is 2.84. The Morgan fingerprint density at radius 1 is 1.41 bits per heavy atom. The molecule has 1 saturated heterocycles. The molecule has 5 heteroatoms. The third-order valence-corrected chi connectivity index (χ3v) is 2.84. The summed E-state index contributed by atoms with van der Waals surface area (Å²) in [5.41, 5.74) is 1.25. The van der Waals surface area contributed by atoms with Crippen molar-refractivity contribution in [3.8, 4) is 5.88 Å². The summed E-state index contributed by atoms with van der Waals surface area (Å²) >= 11 is 0. The SMILES string of the molecule is CCc1ccc(OCC2CCNC2)nc1.Cl.Cl. The standard InChI is InChI=1S/C12H18N2O.2ClH/c1-2-10-3-4-12(14-8-10)15-9-11-5-6-13-7-11;;/h3-4,8,11,13H,2,5-7,9H2,1H3;2*1H. The van der Waals surface area contributed by atoms with Crippen LogP contribution in [0, 0.1) is 5.92 Å². The Morgan fingerprint density at radius 2 is 2.24 bits per heavy atom. The summed E-state index contributed by atoms with van der Waals surface area (Å²) in [5.74, 6) is 1.40. The van der Waals surface area contributed by atoms with E-state index in [1.807, 2.05) is 12.3 Å². The average molecular weight is 279 g/mol. The Morgan fingerprint density at radius 3 is 2.76 bits per heavy atom. The fourth-order valence-corrected chi connectivity index (χ4v) is 1.77. The molecule has 1 aliphatic rings. The molecule has 98 valence electrons. The zero-order valence-electron chi connectivity index (χ0n) is 10.0. The highest BCUT2D eigenvalue weighted by Crippen LogP contribution is 2.12. The maximum atomic E-state index is 5.64. The molecule has 1 N–H and O–H groups in total. The largest absolute Gasteiger partial charge is 0.477 e. The van der Waals surface area contributed by atoms with Gasteiger partial charge in [-0.15, -0.1) is 24.8 Å². The van der Waals surface area contributed by atoms with Crippen LogP contribution in [0.25, 0.3) is 0 Å². The molecule has 0 spiro atoms. The van der Waals surface area contributed by atoms with Gasteiger partial charge in [-0.05, 0) is 24.9 Å². The maximum absolute atomic E-state index is 5.64. The molecule has 1 unspecified atom stereocenters. The number of hydrogen-bond acceptors (Lipinski definition) is 3. The van der Waals surface area contributed by atoms with Crippen LogP contribution in [0.3, 0.4) is 0 Å². The highest BCUT2D eigenvalue weighted by Gasteiger charge is 2.14. The molecule has 0 aliphatic carbocycles. The van der Waals surface area contributed by atoms with Gasteiger partial charge in [0.2, 0.25) is 5.88 Å². The highest BCUT2D eigenvalue weighted by atomic mass is 35.5. The zero-order valence-corrected chi connectivity index (χ0v) is 11.6. The van der Waals surface area contributed by atoms with Gasteiger partial charge >= 0.3 is 0 Å². The molecule has 0 radical (unpaired) electrons. The van der Waals surface area contributed by atoms with E-state index in [0.717, 1.165) is 32.0 Å². The van der Waals surface area contributed by atoms with Crippen molar-refractivity contribution >= 4 is 24.8 Å². The van der Waals surface area contributed by atoms with Crippen molar-refractivity contribution in [1.82, 2.24) is 10.3 Å². The molecule has 0 saturated carbocycles. The van der Waals surface area contributed by atoms with E-state index in [9.17, 15) is 0 Å². The Hall–Kier alpha value is -0.510. The van der Waals surface area contributed by atoms with E-state index < -0.39 is 0 Å². The van der Waals surface area contributed by atoms with Crippen LogP contribution in [0.15, 0.2) is 18.3 Å². The van der Waals surface area contributed by atoms with Crippen LogP contribution in [0.1, 0.15) is 18.9 Å². The minimum absolute atomic E-state index is 0. The van der Waals surface area contributed by atoms with Crippen molar-refractivity contribution in [1.29, 1.82) is 0 Å². The number of nitrogens with zero attached hydrogens (tertiary/aromatic N) is 1. The van der Waals surface area contributed by atoms with Gasteiger partial charge in [0.15, 0.2) is 0 Å². The van der Waals surface area contributed by atoms with Gasteiger partial charge in [-0.25, -0.2) is 4.98 Å². The Balaban J connectivity index is 0.00000128. The number of ether oxygens (including phenoxy) is 1. The van der Waals surface area contributed by atoms with E-state index in [1.165, 1.54) is 12.0 Å². The molecule has 1 aromatic heterocycles. The number of aryl methyl sites for hydroxylation is 1. The third kappa shape index (κ3) is 5.11. The molecule has 1 aliphatic heterocycles. The van der Waals surface area contributed by atoms with Crippen molar-refractivity contribution < 1.29 is 4.74 Å². The average Bonchev–Trinajstić information content (AvgIpc) is 2.80. The summed E-state index contributed by atoms with van der Waals surface area (Å²) in [7, 11) is 0. The van der Waals surface area contributed by atoms with Crippen LogP contribution in [0.2, 0.25) is 0 Å². The lowest BCUT2D eigenvalue weighted by molar-refractivity contribution is 0.251. The summed E-state index contributed by atoms with van der Waals surface area (Å²) < 4.78 is 5.64. The van der Waals surface area contributed by atoms with Crippen molar-refractivity contribution in [2.24, 2.45) is 5.92 Å². The molecule has 1 atom stereocenters. The number of halogens is 2. The van der Waals surface area contributed by atoms with E-state index in [-0.39, 0.29) is 24.8 Å². The number of pyridine rings is 1. The Bertz CT molecular complexity index is 300. The van der Waals surface area contributed by atoms with Gasteiger partial charge in [0.25, 0.3) is 0 Å². The second kappa shape index (κ2) is 8.56. The predicted molar refractivity (Wildman–Crippen MR) is 74.6 cm³/mol. The first kappa shape index (κ1) is 16.5.